The minimum absolute atomic E-state index is 0.143. The molecule has 7 nitrogen and oxygen atoms in total. The van der Waals surface area contributed by atoms with Crippen LogP contribution >= 0.6 is 0 Å². The third-order valence-corrected chi connectivity index (χ3v) is 7.09. The van der Waals surface area contributed by atoms with E-state index in [-0.39, 0.29) is 18.9 Å². The summed E-state index contributed by atoms with van der Waals surface area (Å²) < 4.78 is 16.5. The monoisotopic (exact) mass is 374 g/mol. The summed E-state index contributed by atoms with van der Waals surface area (Å²) in [6, 6.07) is 1.67. The Hall–Kier alpha value is -1.93. The summed E-state index contributed by atoms with van der Waals surface area (Å²) >= 11 is 0. The normalized spacial score (nSPS) is 43.7. The van der Waals surface area contributed by atoms with Crippen molar-refractivity contribution in [3.63, 3.8) is 0 Å². The van der Waals surface area contributed by atoms with Crippen LogP contribution in [0.1, 0.15) is 30.9 Å². The second-order valence-corrected chi connectivity index (χ2v) is 8.16. The number of ether oxygens (including phenoxy) is 2. The van der Waals surface area contributed by atoms with Gasteiger partial charge in [-0.25, -0.2) is 4.79 Å². The lowest BCUT2D eigenvalue weighted by Crippen LogP contribution is -2.66. The van der Waals surface area contributed by atoms with Gasteiger partial charge in [-0.05, 0) is 30.9 Å². The van der Waals surface area contributed by atoms with Crippen LogP contribution < -0.4 is 0 Å². The van der Waals surface area contributed by atoms with Crippen molar-refractivity contribution in [2.45, 2.75) is 43.9 Å². The molecule has 3 heterocycles. The lowest BCUT2D eigenvalue weighted by atomic mass is 9.45. The standard InChI is InChI=1S/C20H22O7/c1-10-4-16-20-9-26-18(24)19(10,7-14(22)11-2-3-25-8-11)15(20)6-12(21)5-13(20)17(23)27-16/h2-3,5,8,12,14-16,18,21-22,24H,1,4,6-7,9H2/t12-,14+,15-,16-,18-,19-,20+/m1/s1. The summed E-state index contributed by atoms with van der Waals surface area (Å²) in [4.78, 5) is 12.5. The topological polar surface area (TPSA) is 109 Å². The average Bonchev–Trinajstić information content (AvgIpc) is 3.24. The molecule has 3 N–H and O–H groups in total. The van der Waals surface area contributed by atoms with Gasteiger partial charge >= 0.3 is 5.97 Å². The average molecular weight is 374 g/mol. The molecule has 1 spiro atoms. The maximum absolute atomic E-state index is 12.5. The number of hydrogen-bond donors (Lipinski definition) is 3. The number of aliphatic hydroxyl groups excluding tert-OH is 3. The Bertz CT molecular complexity index is 827. The van der Waals surface area contributed by atoms with Crippen LogP contribution in [-0.2, 0) is 14.3 Å². The predicted octanol–water partition coefficient (Wildman–Crippen LogP) is 1.22. The number of carbonyl (C=O) groups excluding carboxylic acids is 1. The van der Waals surface area contributed by atoms with Crippen molar-refractivity contribution in [2.75, 3.05) is 6.61 Å². The smallest absolute Gasteiger partial charge is 0.334 e. The molecule has 1 saturated carbocycles. The first-order valence-electron chi connectivity index (χ1n) is 9.19. The van der Waals surface area contributed by atoms with Gasteiger partial charge in [0.05, 0.1) is 36.8 Å². The first-order valence-corrected chi connectivity index (χ1v) is 9.19. The van der Waals surface area contributed by atoms with Crippen LogP contribution in [0.15, 0.2) is 46.8 Å². The maximum Gasteiger partial charge on any atom is 0.334 e. The number of rotatable bonds is 3. The molecule has 144 valence electrons. The Morgan fingerprint density at radius 1 is 1.37 bits per heavy atom. The molecule has 4 aliphatic rings. The Labute approximate surface area is 155 Å². The Kier molecular flexibility index (Phi) is 3.53. The zero-order chi connectivity index (χ0) is 19.0. The third kappa shape index (κ3) is 2.03. The maximum atomic E-state index is 12.5. The van der Waals surface area contributed by atoms with E-state index in [9.17, 15) is 20.1 Å². The molecular formula is C20H22O7. The minimum Gasteiger partial charge on any atom is -0.472 e. The van der Waals surface area contributed by atoms with E-state index in [2.05, 4.69) is 6.58 Å². The van der Waals surface area contributed by atoms with Crippen molar-refractivity contribution in [3.8, 4) is 0 Å². The van der Waals surface area contributed by atoms with Crippen molar-refractivity contribution >= 4 is 5.97 Å². The Morgan fingerprint density at radius 2 is 2.19 bits per heavy atom. The van der Waals surface area contributed by atoms with Gasteiger partial charge in [-0.1, -0.05) is 12.2 Å². The van der Waals surface area contributed by atoms with E-state index in [1.165, 1.54) is 12.5 Å². The van der Waals surface area contributed by atoms with Crippen LogP contribution in [0.25, 0.3) is 0 Å². The largest absolute Gasteiger partial charge is 0.472 e. The molecule has 0 radical (unpaired) electrons. The fraction of sp³-hybridized carbons (Fsp3) is 0.550. The van der Waals surface area contributed by atoms with E-state index in [0.29, 0.717) is 29.6 Å². The molecule has 1 aromatic heterocycles. The van der Waals surface area contributed by atoms with E-state index < -0.39 is 41.4 Å². The number of furan rings is 1. The summed E-state index contributed by atoms with van der Waals surface area (Å²) in [5.74, 6) is -0.772. The fourth-order valence-electron chi connectivity index (χ4n) is 5.84. The molecule has 2 bridgehead atoms. The molecule has 7 atom stereocenters. The van der Waals surface area contributed by atoms with Crippen LogP contribution in [0.5, 0.6) is 0 Å². The van der Waals surface area contributed by atoms with Crippen molar-refractivity contribution in [1.82, 2.24) is 0 Å². The van der Waals surface area contributed by atoms with E-state index >= 15 is 0 Å². The number of esters is 1. The highest BCUT2D eigenvalue weighted by molar-refractivity contribution is 5.93. The van der Waals surface area contributed by atoms with E-state index in [1.54, 1.807) is 12.1 Å². The van der Waals surface area contributed by atoms with Gasteiger partial charge in [0.25, 0.3) is 0 Å². The van der Waals surface area contributed by atoms with Crippen LogP contribution in [0.4, 0.5) is 0 Å². The quantitative estimate of drug-likeness (QED) is 0.539. The van der Waals surface area contributed by atoms with Crippen LogP contribution in [-0.4, -0.2) is 46.4 Å². The lowest BCUT2D eigenvalue weighted by Gasteiger charge is -2.62. The number of carbonyl (C=O) groups is 1. The number of aliphatic hydroxyl groups is 3. The van der Waals surface area contributed by atoms with Gasteiger partial charge in [0.2, 0.25) is 0 Å². The summed E-state index contributed by atoms with van der Waals surface area (Å²) in [5, 5.41) is 32.2. The first-order chi connectivity index (χ1) is 12.9. The second-order valence-electron chi connectivity index (χ2n) is 8.16. The van der Waals surface area contributed by atoms with Crippen LogP contribution in [0.3, 0.4) is 0 Å². The second kappa shape index (κ2) is 5.54. The number of hydrogen-bond acceptors (Lipinski definition) is 7. The fourth-order valence-corrected chi connectivity index (χ4v) is 5.84. The summed E-state index contributed by atoms with van der Waals surface area (Å²) in [6.45, 7) is 4.32. The van der Waals surface area contributed by atoms with Crippen molar-refractivity contribution in [3.05, 3.63) is 48.0 Å². The van der Waals surface area contributed by atoms with Crippen molar-refractivity contribution < 1.29 is 34.0 Å². The van der Waals surface area contributed by atoms with Crippen molar-refractivity contribution in [1.29, 1.82) is 0 Å². The van der Waals surface area contributed by atoms with Gasteiger partial charge in [0.1, 0.15) is 6.10 Å². The van der Waals surface area contributed by atoms with Crippen LogP contribution in [0.2, 0.25) is 0 Å². The van der Waals surface area contributed by atoms with E-state index in [4.69, 9.17) is 13.9 Å². The minimum atomic E-state index is -1.19. The van der Waals surface area contributed by atoms with Gasteiger partial charge in [0.15, 0.2) is 6.29 Å². The lowest BCUT2D eigenvalue weighted by molar-refractivity contribution is -0.284. The highest BCUT2D eigenvalue weighted by atomic mass is 16.6. The summed E-state index contributed by atoms with van der Waals surface area (Å²) in [6.07, 6.45) is 2.05. The van der Waals surface area contributed by atoms with Crippen LogP contribution in [0, 0.1) is 16.7 Å². The predicted molar refractivity (Wildman–Crippen MR) is 90.9 cm³/mol. The molecular weight excluding hydrogens is 352 g/mol. The summed E-state index contributed by atoms with van der Waals surface area (Å²) in [7, 11) is 0. The van der Waals surface area contributed by atoms with Gasteiger partial charge in [-0.3, -0.25) is 0 Å². The zero-order valence-electron chi connectivity index (χ0n) is 14.7. The molecule has 2 saturated heterocycles. The highest BCUT2D eigenvalue weighted by Crippen LogP contribution is 2.68. The van der Waals surface area contributed by atoms with Crippen molar-refractivity contribution in [2.24, 2.45) is 16.7 Å². The zero-order valence-corrected chi connectivity index (χ0v) is 14.7. The molecule has 5 rings (SSSR count). The molecule has 1 aromatic rings. The summed E-state index contributed by atoms with van der Waals surface area (Å²) in [5.41, 5.74) is -0.0342. The molecule has 0 amide bonds. The van der Waals surface area contributed by atoms with Gasteiger partial charge in [-0.15, -0.1) is 0 Å². The molecule has 2 aliphatic heterocycles. The Morgan fingerprint density at radius 3 is 2.93 bits per heavy atom. The molecule has 0 aromatic carbocycles. The first kappa shape index (κ1) is 17.2. The molecule has 0 unspecified atom stereocenters. The molecule has 7 heteroatoms. The van der Waals surface area contributed by atoms with E-state index in [1.807, 2.05) is 0 Å². The molecule has 2 aliphatic carbocycles. The van der Waals surface area contributed by atoms with E-state index in [0.717, 1.165) is 0 Å². The van der Waals surface area contributed by atoms with Gasteiger partial charge in [0, 0.05) is 23.0 Å². The SMILES string of the molecule is C=C1C[C@H]2OC(=O)C3=C[C@@H](O)C[C@H]4[C@]32CO[C@@H](O)[C@]14C[C@H](O)c1ccoc1. The third-order valence-electron chi connectivity index (χ3n) is 7.09. The Balaban J connectivity index is 1.64. The van der Waals surface area contributed by atoms with Gasteiger partial charge < -0.3 is 29.2 Å². The molecule has 27 heavy (non-hydrogen) atoms. The van der Waals surface area contributed by atoms with Gasteiger partial charge in [-0.2, -0.15) is 0 Å². The molecule has 3 fully saturated rings. The highest BCUT2D eigenvalue weighted by Gasteiger charge is 2.72.